The summed E-state index contributed by atoms with van der Waals surface area (Å²) in [6.07, 6.45) is 2.74. The van der Waals surface area contributed by atoms with E-state index in [4.69, 9.17) is 11.6 Å². The number of halogens is 2. The Labute approximate surface area is 133 Å². The highest BCUT2D eigenvalue weighted by Gasteiger charge is 2.23. The molecule has 2 aromatic rings. The van der Waals surface area contributed by atoms with Crippen molar-refractivity contribution < 1.29 is 14.3 Å². The Morgan fingerprint density at radius 3 is 2.55 bits per heavy atom. The first kappa shape index (κ1) is 16.5. The lowest BCUT2D eigenvalue weighted by Gasteiger charge is -2.08. The summed E-state index contributed by atoms with van der Waals surface area (Å²) in [5.74, 6) is -1.49. The predicted molar refractivity (Wildman–Crippen MR) is 83.5 cm³/mol. The minimum atomic E-state index is -0.980. The molecule has 4 nitrogen and oxygen atoms in total. The van der Waals surface area contributed by atoms with Crippen LogP contribution in [-0.4, -0.2) is 20.9 Å². The van der Waals surface area contributed by atoms with Gasteiger partial charge < -0.3 is 5.11 Å². The van der Waals surface area contributed by atoms with Gasteiger partial charge in [0.1, 0.15) is 11.4 Å². The van der Waals surface area contributed by atoms with Gasteiger partial charge in [0.2, 0.25) is 0 Å². The van der Waals surface area contributed by atoms with E-state index in [9.17, 15) is 14.3 Å². The quantitative estimate of drug-likeness (QED) is 0.863. The summed E-state index contributed by atoms with van der Waals surface area (Å²) in [5, 5.41) is 13.9. The molecule has 0 aliphatic carbocycles. The van der Waals surface area contributed by atoms with Crippen molar-refractivity contribution in [2.75, 3.05) is 0 Å². The summed E-state index contributed by atoms with van der Waals surface area (Å²) in [4.78, 5) is 11.6. The maximum atomic E-state index is 13.3. The summed E-state index contributed by atoms with van der Waals surface area (Å²) in [7, 11) is 0. The summed E-state index contributed by atoms with van der Waals surface area (Å²) < 4.78 is 14.9. The van der Waals surface area contributed by atoms with E-state index in [0.717, 1.165) is 12.8 Å². The SMILES string of the molecule is CCCc1nn(-c2ccc(F)c(Cl)c2)c(CCC)c1C(=O)O. The van der Waals surface area contributed by atoms with Crippen LogP contribution in [0.2, 0.25) is 5.02 Å². The molecule has 0 fully saturated rings. The Bertz CT molecular complexity index is 698. The van der Waals surface area contributed by atoms with Gasteiger partial charge in [0.15, 0.2) is 0 Å². The van der Waals surface area contributed by atoms with Crippen LogP contribution in [0.3, 0.4) is 0 Å². The minimum absolute atomic E-state index is 0.00985. The Kier molecular flexibility index (Phi) is 5.19. The number of carboxylic acid groups (broad SMARTS) is 1. The van der Waals surface area contributed by atoms with E-state index < -0.39 is 11.8 Å². The van der Waals surface area contributed by atoms with Crippen molar-refractivity contribution in [1.29, 1.82) is 0 Å². The predicted octanol–water partition coefficient (Wildman–Crippen LogP) is 4.27. The van der Waals surface area contributed by atoms with E-state index in [2.05, 4.69) is 5.10 Å². The number of rotatable bonds is 6. The summed E-state index contributed by atoms with van der Waals surface area (Å²) in [6.45, 7) is 3.94. The molecule has 0 radical (unpaired) electrons. The third-order valence-corrected chi connectivity index (χ3v) is 3.68. The van der Waals surface area contributed by atoms with Crippen LogP contribution in [0.4, 0.5) is 4.39 Å². The summed E-state index contributed by atoms with van der Waals surface area (Å²) in [5.41, 5.74) is 2.00. The molecule has 2 rings (SSSR count). The van der Waals surface area contributed by atoms with Gasteiger partial charge in [-0.25, -0.2) is 13.9 Å². The molecule has 0 saturated heterocycles. The molecule has 1 N–H and O–H groups in total. The lowest BCUT2D eigenvalue weighted by molar-refractivity contribution is 0.0694. The van der Waals surface area contributed by atoms with Crippen molar-refractivity contribution in [3.63, 3.8) is 0 Å². The number of aryl methyl sites for hydroxylation is 1. The first-order chi connectivity index (χ1) is 10.5. The molecule has 0 amide bonds. The van der Waals surface area contributed by atoms with Gasteiger partial charge in [0.05, 0.1) is 22.1 Å². The van der Waals surface area contributed by atoms with Gasteiger partial charge in [-0.05, 0) is 31.0 Å². The van der Waals surface area contributed by atoms with Crippen molar-refractivity contribution in [1.82, 2.24) is 9.78 Å². The highest BCUT2D eigenvalue weighted by atomic mass is 35.5. The van der Waals surface area contributed by atoms with Crippen molar-refractivity contribution in [3.05, 3.63) is 46.0 Å². The molecule has 1 aromatic heterocycles. The fourth-order valence-corrected chi connectivity index (χ4v) is 2.64. The fraction of sp³-hybridized carbons (Fsp3) is 0.375. The number of aromatic carboxylic acids is 1. The lowest BCUT2D eigenvalue weighted by Crippen LogP contribution is -2.07. The highest BCUT2D eigenvalue weighted by Crippen LogP contribution is 2.24. The van der Waals surface area contributed by atoms with Gasteiger partial charge in [-0.1, -0.05) is 38.3 Å². The Balaban J connectivity index is 2.65. The summed E-state index contributed by atoms with van der Waals surface area (Å²) >= 11 is 5.83. The number of aromatic nitrogens is 2. The average Bonchev–Trinajstić information content (AvgIpc) is 2.81. The van der Waals surface area contributed by atoms with Crippen molar-refractivity contribution in [2.45, 2.75) is 39.5 Å². The first-order valence-corrected chi connectivity index (χ1v) is 7.66. The Morgan fingerprint density at radius 1 is 1.32 bits per heavy atom. The topological polar surface area (TPSA) is 55.1 Å². The fourth-order valence-electron chi connectivity index (χ4n) is 2.46. The summed E-state index contributed by atoms with van der Waals surface area (Å²) in [6, 6.07) is 4.27. The van der Waals surface area contributed by atoms with Gasteiger partial charge in [-0.3, -0.25) is 0 Å². The Morgan fingerprint density at radius 2 is 2.00 bits per heavy atom. The lowest BCUT2D eigenvalue weighted by atomic mass is 10.1. The Hall–Kier alpha value is -1.88. The monoisotopic (exact) mass is 324 g/mol. The van der Waals surface area contributed by atoms with Crippen molar-refractivity contribution >= 4 is 17.6 Å². The van der Waals surface area contributed by atoms with Crippen LogP contribution in [-0.2, 0) is 12.8 Å². The molecule has 0 aliphatic rings. The average molecular weight is 325 g/mol. The van der Waals surface area contributed by atoms with Gasteiger partial charge >= 0.3 is 5.97 Å². The van der Waals surface area contributed by atoms with E-state index in [-0.39, 0.29) is 10.6 Å². The molecular formula is C16H18ClFN2O2. The van der Waals surface area contributed by atoms with E-state index in [0.29, 0.717) is 29.9 Å². The van der Waals surface area contributed by atoms with Crippen LogP contribution in [0.15, 0.2) is 18.2 Å². The standard InChI is InChI=1S/C16H18ClFN2O2/c1-3-5-13-15(16(21)22)14(6-4-2)20(19-13)10-7-8-12(18)11(17)9-10/h7-9H,3-6H2,1-2H3,(H,21,22). The third-order valence-electron chi connectivity index (χ3n) is 3.39. The molecule has 0 saturated carbocycles. The molecule has 118 valence electrons. The number of carboxylic acids is 1. The van der Waals surface area contributed by atoms with Crippen LogP contribution in [0.5, 0.6) is 0 Å². The van der Waals surface area contributed by atoms with Gasteiger partial charge in [-0.15, -0.1) is 0 Å². The highest BCUT2D eigenvalue weighted by molar-refractivity contribution is 6.30. The number of carbonyl (C=O) groups is 1. The van der Waals surface area contributed by atoms with Crippen molar-refractivity contribution in [2.24, 2.45) is 0 Å². The van der Waals surface area contributed by atoms with Crippen LogP contribution in [0, 0.1) is 5.82 Å². The zero-order chi connectivity index (χ0) is 16.3. The number of hydrogen-bond acceptors (Lipinski definition) is 2. The van der Waals surface area contributed by atoms with E-state index >= 15 is 0 Å². The smallest absolute Gasteiger partial charge is 0.339 e. The first-order valence-electron chi connectivity index (χ1n) is 7.29. The number of hydrogen-bond donors (Lipinski definition) is 1. The largest absolute Gasteiger partial charge is 0.478 e. The normalized spacial score (nSPS) is 10.9. The van der Waals surface area contributed by atoms with E-state index in [1.807, 2.05) is 13.8 Å². The minimum Gasteiger partial charge on any atom is -0.478 e. The van der Waals surface area contributed by atoms with E-state index in [1.165, 1.54) is 12.1 Å². The van der Waals surface area contributed by atoms with Gasteiger partial charge in [0, 0.05) is 0 Å². The van der Waals surface area contributed by atoms with Gasteiger partial charge in [-0.2, -0.15) is 5.10 Å². The molecule has 1 heterocycles. The number of benzene rings is 1. The molecule has 0 bridgehead atoms. The molecule has 0 unspecified atom stereocenters. The van der Waals surface area contributed by atoms with Crippen LogP contribution >= 0.6 is 11.6 Å². The zero-order valence-electron chi connectivity index (χ0n) is 12.6. The maximum Gasteiger partial charge on any atom is 0.339 e. The molecular weight excluding hydrogens is 307 g/mol. The third kappa shape index (κ3) is 3.14. The second-order valence-electron chi connectivity index (χ2n) is 5.08. The maximum absolute atomic E-state index is 13.3. The molecule has 0 aliphatic heterocycles. The van der Waals surface area contributed by atoms with Gasteiger partial charge in [0.25, 0.3) is 0 Å². The molecule has 6 heteroatoms. The second-order valence-corrected chi connectivity index (χ2v) is 5.49. The van der Waals surface area contributed by atoms with Crippen molar-refractivity contribution in [3.8, 4) is 5.69 Å². The van der Waals surface area contributed by atoms with Crippen LogP contribution < -0.4 is 0 Å². The zero-order valence-corrected chi connectivity index (χ0v) is 13.3. The second kappa shape index (κ2) is 6.92. The molecule has 0 atom stereocenters. The van der Waals surface area contributed by atoms with Crippen LogP contribution in [0.25, 0.3) is 5.69 Å². The van der Waals surface area contributed by atoms with E-state index in [1.54, 1.807) is 10.7 Å². The van der Waals surface area contributed by atoms with Crippen LogP contribution in [0.1, 0.15) is 48.4 Å². The molecule has 22 heavy (non-hydrogen) atoms. The number of nitrogens with zero attached hydrogens (tertiary/aromatic N) is 2. The molecule has 1 aromatic carbocycles. The molecule has 0 spiro atoms.